The minimum absolute atomic E-state index is 0.00129. The number of alkyl halides is 2. The summed E-state index contributed by atoms with van der Waals surface area (Å²) in [4.78, 5) is 17.5. The van der Waals surface area contributed by atoms with Crippen molar-refractivity contribution < 1.29 is 23.0 Å². The highest BCUT2D eigenvalue weighted by Crippen LogP contribution is 2.44. The normalized spacial score (nSPS) is 13.8. The highest BCUT2D eigenvalue weighted by Gasteiger charge is 2.28. The Morgan fingerprint density at radius 1 is 1.21 bits per heavy atom. The zero-order chi connectivity index (χ0) is 26.9. The molecule has 0 unspecified atom stereocenters. The maximum absolute atomic E-state index is 13.4. The second-order valence-corrected chi connectivity index (χ2v) is 16.2. The Labute approximate surface area is 219 Å². The lowest BCUT2D eigenvalue weighted by Gasteiger charge is -2.18. The van der Waals surface area contributed by atoms with Gasteiger partial charge < -0.3 is 14.8 Å². The van der Waals surface area contributed by atoms with Crippen LogP contribution in [-0.4, -0.2) is 51.6 Å². The molecule has 1 aliphatic carbocycles. The van der Waals surface area contributed by atoms with Crippen molar-refractivity contribution in [3.05, 3.63) is 60.2 Å². The Kier molecular flexibility index (Phi) is 7.26. The maximum atomic E-state index is 13.4. The molecule has 38 heavy (non-hydrogen) atoms. The van der Waals surface area contributed by atoms with Gasteiger partial charge in [0.05, 0.1) is 23.8 Å². The molecule has 0 aliphatic heterocycles. The van der Waals surface area contributed by atoms with Crippen molar-refractivity contribution in [1.29, 1.82) is 0 Å². The summed E-state index contributed by atoms with van der Waals surface area (Å²) in [5.41, 5.74) is 2.87. The molecule has 1 N–H and O–H groups in total. The number of ether oxygens (including phenoxy) is 2. The Hall–Kier alpha value is -3.64. The minimum Gasteiger partial charge on any atom is -0.434 e. The summed E-state index contributed by atoms with van der Waals surface area (Å²) in [7, 11) is -1.31. The third-order valence-corrected chi connectivity index (χ3v) is 8.05. The number of fused-ring (bicyclic) bond motifs is 1. The molecule has 9 nitrogen and oxygen atoms in total. The Morgan fingerprint density at radius 2 is 2.03 bits per heavy atom. The van der Waals surface area contributed by atoms with E-state index in [9.17, 15) is 13.6 Å². The van der Waals surface area contributed by atoms with E-state index in [1.807, 2.05) is 12.1 Å². The number of benzene rings is 1. The van der Waals surface area contributed by atoms with Crippen LogP contribution in [0.5, 0.6) is 5.75 Å². The number of aromatic nitrogens is 5. The summed E-state index contributed by atoms with van der Waals surface area (Å²) in [6.45, 7) is 4.41. The maximum Gasteiger partial charge on any atom is 0.387 e. The van der Waals surface area contributed by atoms with Crippen LogP contribution in [-0.2, 0) is 11.5 Å². The first kappa shape index (κ1) is 26.0. The molecular formula is C26H30F2N6O3Si. The molecule has 0 spiro atoms. The SMILES string of the molecule is C[Si](C)(C)CCOCn1ncc(NC(=O)c2cnn3cccnc23)c1-c1cc(C2CC2)ccc1OC(F)F. The number of anilines is 1. The molecule has 3 heterocycles. The van der Waals surface area contributed by atoms with E-state index in [1.165, 1.54) is 16.9 Å². The van der Waals surface area contributed by atoms with E-state index in [0.717, 1.165) is 24.4 Å². The fraction of sp³-hybridized carbons (Fsp3) is 0.385. The molecule has 0 radical (unpaired) electrons. The van der Waals surface area contributed by atoms with Gasteiger partial charge in [0.15, 0.2) is 5.65 Å². The van der Waals surface area contributed by atoms with E-state index in [0.29, 0.717) is 35.1 Å². The summed E-state index contributed by atoms with van der Waals surface area (Å²) in [5, 5.41) is 11.5. The van der Waals surface area contributed by atoms with Crippen LogP contribution in [0.1, 0.15) is 34.7 Å². The number of carbonyl (C=O) groups is 1. The van der Waals surface area contributed by atoms with Crippen LogP contribution in [0.15, 0.2) is 49.1 Å². The van der Waals surface area contributed by atoms with Crippen molar-refractivity contribution in [2.45, 2.75) is 57.8 Å². The molecule has 0 saturated heterocycles. The van der Waals surface area contributed by atoms with E-state index < -0.39 is 20.6 Å². The molecule has 1 fully saturated rings. The van der Waals surface area contributed by atoms with Gasteiger partial charge in [0.1, 0.15) is 18.0 Å². The molecule has 12 heteroatoms. The summed E-state index contributed by atoms with van der Waals surface area (Å²) >= 11 is 0. The van der Waals surface area contributed by atoms with Crippen molar-refractivity contribution in [3.63, 3.8) is 0 Å². The van der Waals surface area contributed by atoms with Gasteiger partial charge in [-0.05, 0) is 48.6 Å². The predicted molar refractivity (Wildman–Crippen MR) is 141 cm³/mol. The molecule has 200 valence electrons. The molecule has 1 saturated carbocycles. The van der Waals surface area contributed by atoms with Gasteiger partial charge in [-0.2, -0.15) is 19.0 Å². The van der Waals surface area contributed by atoms with Crippen molar-refractivity contribution in [2.24, 2.45) is 0 Å². The van der Waals surface area contributed by atoms with Gasteiger partial charge in [-0.25, -0.2) is 14.2 Å². The second kappa shape index (κ2) is 10.6. The van der Waals surface area contributed by atoms with Crippen LogP contribution in [0.3, 0.4) is 0 Å². The topological polar surface area (TPSA) is 95.6 Å². The number of rotatable bonds is 11. The molecule has 0 bridgehead atoms. The third kappa shape index (κ3) is 5.91. The third-order valence-electron chi connectivity index (χ3n) is 6.35. The van der Waals surface area contributed by atoms with Crippen LogP contribution >= 0.6 is 0 Å². The molecule has 1 aliphatic rings. The number of halogens is 2. The standard InChI is InChI=1S/C26H30F2N6O3Si/c1-38(2,3)12-11-36-16-34-23(19-13-18(17-5-6-17)7-8-22(19)37-26(27)28)21(15-31-34)32-25(35)20-14-30-33-10-4-9-29-24(20)33/h4,7-10,13-15,17,26H,5-6,11-12,16H2,1-3H3,(H,32,35). The van der Waals surface area contributed by atoms with E-state index >= 15 is 0 Å². The Bertz CT molecular complexity index is 1440. The van der Waals surface area contributed by atoms with Gasteiger partial charge in [-0.15, -0.1) is 0 Å². The van der Waals surface area contributed by atoms with Gasteiger partial charge in [0.25, 0.3) is 5.91 Å². The van der Waals surface area contributed by atoms with Crippen LogP contribution in [0.4, 0.5) is 14.5 Å². The van der Waals surface area contributed by atoms with E-state index in [4.69, 9.17) is 9.47 Å². The number of nitrogens with one attached hydrogen (secondary N) is 1. The molecule has 0 atom stereocenters. The van der Waals surface area contributed by atoms with Crippen LogP contribution in [0.25, 0.3) is 16.9 Å². The molecule has 1 aromatic carbocycles. The van der Waals surface area contributed by atoms with Crippen LogP contribution < -0.4 is 10.1 Å². The van der Waals surface area contributed by atoms with Gasteiger partial charge in [-0.3, -0.25) is 4.79 Å². The predicted octanol–water partition coefficient (Wildman–Crippen LogP) is 5.64. The Morgan fingerprint density at radius 3 is 2.76 bits per heavy atom. The first-order chi connectivity index (χ1) is 18.2. The zero-order valence-electron chi connectivity index (χ0n) is 21.5. The van der Waals surface area contributed by atoms with Gasteiger partial charge in [-0.1, -0.05) is 25.7 Å². The molecule has 1 amide bonds. The largest absolute Gasteiger partial charge is 0.434 e. The minimum atomic E-state index is -3.01. The summed E-state index contributed by atoms with van der Waals surface area (Å²) in [5.74, 6) is -0.0724. The quantitative estimate of drug-likeness (QED) is 0.196. The lowest BCUT2D eigenvalue weighted by molar-refractivity contribution is -0.0495. The first-order valence-corrected chi connectivity index (χ1v) is 16.2. The molecule has 4 aromatic rings. The molecule has 5 rings (SSSR count). The average Bonchev–Trinajstić information content (AvgIpc) is 3.51. The average molecular weight is 541 g/mol. The van der Waals surface area contributed by atoms with Gasteiger partial charge in [0.2, 0.25) is 0 Å². The number of carbonyl (C=O) groups excluding carboxylic acids is 1. The fourth-order valence-corrected chi connectivity index (χ4v) is 4.92. The highest BCUT2D eigenvalue weighted by atomic mass is 28.3. The summed E-state index contributed by atoms with van der Waals surface area (Å²) in [6, 6.07) is 7.89. The van der Waals surface area contributed by atoms with Crippen molar-refractivity contribution in [3.8, 4) is 17.0 Å². The highest BCUT2D eigenvalue weighted by molar-refractivity contribution is 6.76. The molecular weight excluding hydrogens is 510 g/mol. The second-order valence-electron chi connectivity index (χ2n) is 10.6. The van der Waals surface area contributed by atoms with Crippen LogP contribution in [0, 0.1) is 0 Å². The smallest absolute Gasteiger partial charge is 0.387 e. The van der Waals surface area contributed by atoms with E-state index in [1.54, 1.807) is 29.2 Å². The van der Waals surface area contributed by atoms with Crippen molar-refractivity contribution in [1.82, 2.24) is 24.4 Å². The zero-order valence-corrected chi connectivity index (χ0v) is 22.5. The van der Waals surface area contributed by atoms with Gasteiger partial charge in [0, 0.05) is 32.6 Å². The monoisotopic (exact) mass is 540 g/mol. The number of hydrogen-bond acceptors (Lipinski definition) is 6. The number of hydrogen-bond donors (Lipinski definition) is 1. The van der Waals surface area contributed by atoms with E-state index in [2.05, 4.69) is 40.1 Å². The first-order valence-electron chi connectivity index (χ1n) is 12.5. The van der Waals surface area contributed by atoms with Crippen LogP contribution in [0.2, 0.25) is 25.7 Å². The van der Waals surface area contributed by atoms with Crippen molar-refractivity contribution in [2.75, 3.05) is 11.9 Å². The Balaban J connectivity index is 1.52. The van der Waals surface area contributed by atoms with Gasteiger partial charge >= 0.3 is 6.61 Å². The number of amides is 1. The fourth-order valence-electron chi connectivity index (χ4n) is 4.17. The summed E-state index contributed by atoms with van der Waals surface area (Å²) < 4.78 is 40.6. The van der Waals surface area contributed by atoms with Crippen molar-refractivity contribution >= 4 is 25.3 Å². The lowest BCUT2D eigenvalue weighted by Crippen LogP contribution is -2.22. The van der Waals surface area contributed by atoms with E-state index in [-0.39, 0.29) is 18.0 Å². The molecule has 3 aromatic heterocycles. The lowest BCUT2D eigenvalue weighted by atomic mass is 10.0. The summed E-state index contributed by atoms with van der Waals surface area (Å²) in [6.07, 6.45) is 8.27. The number of nitrogens with zero attached hydrogens (tertiary/aromatic N) is 5.